The summed E-state index contributed by atoms with van der Waals surface area (Å²) in [7, 11) is 3.96. The number of aromatic nitrogens is 2. The highest BCUT2D eigenvalue weighted by atomic mass is 35.5. The van der Waals surface area contributed by atoms with Gasteiger partial charge in [0.15, 0.2) is 5.67 Å². The van der Waals surface area contributed by atoms with Gasteiger partial charge in [0.2, 0.25) is 0 Å². The average molecular weight is 289 g/mol. The summed E-state index contributed by atoms with van der Waals surface area (Å²) >= 11 is 6.15. The molecular formula is C13H22ClFN4. The number of rotatable bonds is 4. The van der Waals surface area contributed by atoms with Crippen molar-refractivity contribution in [2.75, 3.05) is 20.6 Å². The van der Waals surface area contributed by atoms with E-state index in [4.69, 9.17) is 17.3 Å². The first-order valence-corrected chi connectivity index (χ1v) is 7.11. The van der Waals surface area contributed by atoms with Crippen molar-refractivity contribution in [1.29, 1.82) is 0 Å². The molecule has 0 saturated heterocycles. The van der Waals surface area contributed by atoms with Crippen molar-refractivity contribution in [1.82, 2.24) is 14.7 Å². The topological polar surface area (TPSA) is 47.1 Å². The van der Waals surface area contributed by atoms with Crippen molar-refractivity contribution >= 4 is 11.6 Å². The SMILES string of the molecule is CN(C)CCn1ncc(Cl)c1C1(F)CCCC(N)C1. The molecule has 1 aliphatic carbocycles. The quantitative estimate of drug-likeness (QED) is 0.924. The third-order valence-corrected chi connectivity index (χ3v) is 3.99. The van der Waals surface area contributed by atoms with Gasteiger partial charge in [0.25, 0.3) is 0 Å². The van der Waals surface area contributed by atoms with Crippen molar-refractivity contribution in [3.8, 4) is 0 Å². The van der Waals surface area contributed by atoms with Crippen LogP contribution in [0.4, 0.5) is 4.39 Å². The molecule has 1 saturated carbocycles. The van der Waals surface area contributed by atoms with Crippen LogP contribution in [0.25, 0.3) is 0 Å². The minimum Gasteiger partial charge on any atom is -0.328 e. The van der Waals surface area contributed by atoms with Crippen molar-refractivity contribution in [3.63, 3.8) is 0 Å². The summed E-state index contributed by atoms with van der Waals surface area (Å²) in [5.74, 6) is 0. The normalized spacial score (nSPS) is 28.0. The van der Waals surface area contributed by atoms with E-state index in [0.717, 1.165) is 19.4 Å². The lowest BCUT2D eigenvalue weighted by atomic mass is 9.81. The van der Waals surface area contributed by atoms with Gasteiger partial charge in [-0.2, -0.15) is 5.10 Å². The summed E-state index contributed by atoms with van der Waals surface area (Å²) in [5, 5.41) is 4.62. The lowest BCUT2D eigenvalue weighted by Crippen LogP contribution is -2.38. The second kappa shape index (κ2) is 5.77. The standard InChI is InChI=1S/C13H22ClFN4/c1-18(2)6-7-19-12(11(14)9-17-19)13(15)5-3-4-10(16)8-13/h9-10H,3-8,16H2,1-2H3. The van der Waals surface area contributed by atoms with Crippen LogP contribution in [-0.2, 0) is 12.2 Å². The van der Waals surface area contributed by atoms with E-state index in [2.05, 4.69) is 5.10 Å². The van der Waals surface area contributed by atoms with Crippen LogP contribution in [0, 0.1) is 0 Å². The fourth-order valence-corrected chi connectivity index (χ4v) is 3.06. The van der Waals surface area contributed by atoms with Crippen molar-refractivity contribution in [2.45, 2.75) is 43.9 Å². The van der Waals surface area contributed by atoms with Gasteiger partial charge in [-0.05, 0) is 33.4 Å². The first-order valence-electron chi connectivity index (χ1n) is 6.73. The molecule has 2 N–H and O–H groups in total. The molecule has 0 amide bonds. The van der Waals surface area contributed by atoms with E-state index in [1.165, 1.54) is 6.20 Å². The predicted molar refractivity (Wildman–Crippen MR) is 75.0 cm³/mol. The summed E-state index contributed by atoms with van der Waals surface area (Å²) in [4.78, 5) is 2.04. The predicted octanol–water partition coefficient (Wildman–Crippen LogP) is 2.16. The third kappa shape index (κ3) is 3.27. The molecule has 4 nitrogen and oxygen atoms in total. The summed E-state index contributed by atoms with van der Waals surface area (Å²) < 4.78 is 16.9. The number of hydrogen-bond acceptors (Lipinski definition) is 3. The van der Waals surface area contributed by atoms with E-state index in [9.17, 15) is 0 Å². The Morgan fingerprint density at radius 1 is 1.63 bits per heavy atom. The summed E-state index contributed by atoms with van der Waals surface area (Å²) in [6, 6.07) is -0.0907. The van der Waals surface area contributed by atoms with Gasteiger partial charge in [0.05, 0.1) is 23.5 Å². The monoisotopic (exact) mass is 288 g/mol. The van der Waals surface area contributed by atoms with Crippen LogP contribution >= 0.6 is 11.6 Å². The van der Waals surface area contributed by atoms with Crippen LogP contribution < -0.4 is 5.73 Å². The first-order chi connectivity index (χ1) is 8.92. The lowest BCUT2D eigenvalue weighted by Gasteiger charge is -2.33. The van der Waals surface area contributed by atoms with Crippen LogP contribution in [0.1, 0.15) is 31.4 Å². The number of halogens is 2. The maximum atomic E-state index is 15.2. The molecule has 0 bridgehead atoms. The largest absolute Gasteiger partial charge is 0.328 e. The molecule has 2 atom stereocenters. The van der Waals surface area contributed by atoms with Gasteiger partial charge >= 0.3 is 0 Å². The Morgan fingerprint density at radius 2 is 2.37 bits per heavy atom. The van der Waals surface area contributed by atoms with Gasteiger partial charge in [-0.25, -0.2) is 4.39 Å². The number of hydrogen-bond donors (Lipinski definition) is 1. The molecule has 2 rings (SSSR count). The number of nitrogens with zero attached hydrogens (tertiary/aromatic N) is 3. The van der Waals surface area contributed by atoms with E-state index in [0.29, 0.717) is 30.1 Å². The summed E-state index contributed by atoms with van der Waals surface area (Å²) in [5.41, 5.74) is 4.99. The number of alkyl halides is 1. The maximum Gasteiger partial charge on any atom is 0.155 e. The molecule has 0 radical (unpaired) electrons. The minimum atomic E-state index is -1.43. The van der Waals surface area contributed by atoms with Crippen LogP contribution in [0.5, 0.6) is 0 Å². The third-order valence-electron chi connectivity index (χ3n) is 3.71. The second-order valence-corrected chi connectivity index (χ2v) is 6.10. The van der Waals surface area contributed by atoms with Gasteiger partial charge in [-0.15, -0.1) is 0 Å². The molecule has 108 valence electrons. The van der Waals surface area contributed by atoms with Crippen LogP contribution in [-0.4, -0.2) is 41.4 Å². The molecule has 1 aliphatic rings. The molecular weight excluding hydrogens is 267 g/mol. The second-order valence-electron chi connectivity index (χ2n) is 5.69. The molecule has 1 aromatic heterocycles. The zero-order valence-corrected chi connectivity index (χ0v) is 12.3. The van der Waals surface area contributed by atoms with Crippen molar-refractivity contribution in [2.24, 2.45) is 5.73 Å². The fourth-order valence-electron chi connectivity index (χ4n) is 2.75. The van der Waals surface area contributed by atoms with E-state index in [1.54, 1.807) is 4.68 Å². The highest BCUT2D eigenvalue weighted by Crippen LogP contribution is 2.43. The van der Waals surface area contributed by atoms with Gasteiger partial charge < -0.3 is 10.6 Å². The van der Waals surface area contributed by atoms with E-state index >= 15 is 4.39 Å². The molecule has 1 heterocycles. The first kappa shape index (κ1) is 14.8. The zero-order chi connectivity index (χ0) is 14.0. The minimum absolute atomic E-state index is 0.0907. The highest BCUT2D eigenvalue weighted by molar-refractivity contribution is 6.31. The lowest BCUT2D eigenvalue weighted by molar-refractivity contribution is 0.0834. The highest BCUT2D eigenvalue weighted by Gasteiger charge is 2.41. The van der Waals surface area contributed by atoms with E-state index < -0.39 is 5.67 Å². The van der Waals surface area contributed by atoms with Crippen LogP contribution in [0.2, 0.25) is 5.02 Å². The molecule has 0 aliphatic heterocycles. The number of likely N-dealkylation sites (N-methyl/N-ethyl adjacent to an activating group) is 1. The van der Waals surface area contributed by atoms with Crippen molar-refractivity contribution < 1.29 is 4.39 Å². The molecule has 1 aromatic rings. The van der Waals surface area contributed by atoms with Gasteiger partial charge in [-0.3, -0.25) is 4.68 Å². The fraction of sp³-hybridized carbons (Fsp3) is 0.769. The van der Waals surface area contributed by atoms with E-state index in [-0.39, 0.29) is 6.04 Å². The zero-order valence-electron chi connectivity index (χ0n) is 11.6. The average Bonchev–Trinajstić information content (AvgIpc) is 2.68. The smallest absolute Gasteiger partial charge is 0.155 e. The van der Waals surface area contributed by atoms with Crippen LogP contribution in [0.15, 0.2) is 6.20 Å². The Kier molecular flexibility index (Phi) is 4.48. The molecule has 0 spiro atoms. The van der Waals surface area contributed by atoms with Crippen LogP contribution in [0.3, 0.4) is 0 Å². The Balaban J connectivity index is 2.24. The van der Waals surface area contributed by atoms with Gasteiger partial charge in [-0.1, -0.05) is 11.6 Å². The molecule has 19 heavy (non-hydrogen) atoms. The Morgan fingerprint density at radius 3 is 3.00 bits per heavy atom. The van der Waals surface area contributed by atoms with E-state index in [1.807, 2.05) is 19.0 Å². The molecule has 1 fully saturated rings. The Bertz CT molecular complexity index is 434. The number of nitrogens with two attached hydrogens (primary N) is 1. The summed E-state index contributed by atoms with van der Waals surface area (Å²) in [6.45, 7) is 1.43. The summed E-state index contributed by atoms with van der Waals surface area (Å²) in [6.07, 6.45) is 4.03. The maximum absolute atomic E-state index is 15.2. The Hall–Kier alpha value is -0.650. The molecule has 0 aromatic carbocycles. The Labute approximate surface area is 118 Å². The van der Waals surface area contributed by atoms with Gasteiger partial charge in [0, 0.05) is 19.0 Å². The molecule has 2 unspecified atom stereocenters. The van der Waals surface area contributed by atoms with Gasteiger partial charge in [0.1, 0.15) is 0 Å². The molecule has 6 heteroatoms. The van der Waals surface area contributed by atoms with Crippen molar-refractivity contribution in [3.05, 3.63) is 16.9 Å².